The van der Waals surface area contributed by atoms with E-state index in [4.69, 9.17) is 5.73 Å². The minimum absolute atomic E-state index is 0.0152. The fourth-order valence-corrected chi connectivity index (χ4v) is 1.12. The van der Waals surface area contributed by atoms with E-state index in [9.17, 15) is 18.4 Å². The van der Waals surface area contributed by atoms with Gasteiger partial charge in [-0.15, -0.1) is 0 Å². The first kappa shape index (κ1) is 12.0. The molecule has 0 heterocycles. The standard InChI is InChI=1S/C11H9F2NO2/c12-9-4-7(2-1-3-11(14)16)5-10(13)8(9)6-15/h1-2,4-6H,3H2,(H2,14,16). The quantitative estimate of drug-likeness (QED) is 0.792. The van der Waals surface area contributed by atoms with Crippen LogP contribution in [0.25, 0.3) is 6.08 Å². The van der Waals surface area contributed by atoms with Gasteiger partial charge in [0, 0.05) is 6.42 Å². The van der Waals surface area contributed by atoms with Crippen molar-refractivity contribution >= 4 is 18.3 Å². The molecule has 0 atom stereocenters. The van der Waals surface area contributed by atoms with E-state index in [0.717, 1.165) is 12.1 Å². The van der Waals surface area contributed by atoms with Crippen molar-refractivity contribution < 1.29 is 18.4 Å². The van der Waals surface area contributed by atoms with Crippen molar-refractivity contribution in [2.45, 2.75) is 6.42 Å². The monoisotopic (exact) mass is 225 g/mol. The summed E-state index contributed by atoms with van der Waals surface area (Å²) in [5, 5.41) is 0. The van der Waals surface area contributed by atoms with E-state index in [1.54, 1.807) is 0 Å². The molecule has 16 heavy (non-hydrogen) atoms. The Hall–Kier alpha value is -2.04. The van der Waals surface area contributed by atoms with Crippen LogP contribution in [0, 0.1) is 11.6 Å². The van der Waals surface area contributed by atoms with Crippen molar-refractivity contribution in [1.29, 1.82) is 0 Å². The number of hydrogen-bond donors (Lipinski definition) is 1. The van der Waals surface area contributed by atoms with Crippen molar-refractivity contribution in [2.75, 3.05) is 0 Å². The average molecular weight is 225 g/mol. The molecule has 3 nitrogen and oxygen atoms in total. The predicted octanol–water partition coefficient (Wildman–Crippen LogP) is 1.67. The molecule has 84 valence electrons. The van der Waals surface area contributed by atoms with E-state index in [1.807, 2.05) is 0 Å². The van der Waals surface area contributed by atoms with E-state index < -0.39 is 23.1 Å². The zero-order valence-electron chi connectivity index (χ0n) is 8.24. The molecule has 0 fully saturated rings. The number of benzene rings is 1. The fraction of sp³-hybridized carbons (Fsp3) is 0.0909. The summed E-state index contributed by atoms with van der Waals surface area (Å²) < 4.78 is 26.2. The lowest BCUT2D eigenvalue weighted by atomic mass is 10.1. The Morgan fingerprint density at radius 3 is 2.31 bits per heavy atom. The van der Waals surface area contributed by atoms with Crippen molar-refractivity contribution in [3.05, 3.63) is 41.0 Å². The van der Waals surface area contributed by atoms with Crippen molar-refractivity contribution in [3.63, 3.8) is 0 Å². The van der Waals surface area contributed by atoms with Crippen LogP contribution < -0.4 is 5.73 Å². The number of aldehydes is 1. The van der Waals surface area contributed by atoms with Crippen LogP contribution in [0.5, 0.6) is 0 Å². The minimum Gasteiger partial charge on any atom is -0.369 e. The second-order valence-corrected chi connectivity index (χ2v) is 3.09. The summed E-state index contributed by atoms with van der Waals surface area (Å²) in [7, 11) is 0. The van der Waals surface area contributed by atoms with E-state index in [1.165, 1.54) is 12.2 Å². The zero-order chi connectivity index (χ0) is 12.1. The average Bonchev–Trinajstić information content (AvgIpc) is 2.16. The molecule has 0 unspecified atom stereocenters. The first-order chi connectivity index (χ1) is 7.54. The van der Waals surface area contributed by atoms with Crippen molar-refractivity contribution in [1.82, 2.24) is 0 Å². The molecule has 5 heteroatoms. The highest BCUT2D eigenvalue weighted by molar-refractivity contribution is 5.78. The van der Waals surface area contributed by atoms with Gasteiger partial charge in [0.25, 0.3) is 0 Å². The Kier molecular flexibility index (Phi) is 3.88. The number of nitrogens with two attached hydrogens (primary N) is 1. The molecule has 0 aliphatic heterocycles. The normalized spacial score (nSPS) is 10.6. The highest BCUT2D eigenvalue weighted by Crippen LogP contribution is 2.14. The number of carbonyl (C=O) groups excluding carboxylic acids is 2. The number of halogens is 2. The first-order valence-corrected chi connectivity index (χ1v) is 4.43. The molecule has 0 aliphatic rings. The summed E-state index contributed by atoms with van der Waals surface area (Å²) in [4.78, 5) is 20.7. The molecular formula is C11H9F2NO2. The van der Waals surface area contributed by atoms with Crippen molar-refractivity contribution in [3.8, 4) is 0 Å². The lowest BCUT2D eigenvalue weighted by Gasteiger charge is -1.99. The summed E-state index contributed by atoms with van der Waals surface area (Å²) in [5.74, 6) is -2.41. The summed E-state index contributed by atoms with van der Waals surface area (Å²) in [6.45, 7) is 0. The van der Waals surface area contributed by atoms with Crippen LogP contribution in [0.4, 0.5) is 8.78 Å². The van der Waals surface area contributed by atoms with Gasteiger partial charge in [-0.3, -0.25) is 9.59 Å². The molecule has 0 saturated carbocycles. The second kappa shape index (κ2) is 5.16. The Morgan fingerprint density at radius 2 is 1.88 bits per heavy atom. The molecular weight excluding hydrogens is 216 g/mol. The Morgan fingerprint density at radius 1 is 1.31 bits per heavy atom. The van der Waals surface area contributed by atoms with E-state index in [2.05, 4.69) is 0 Å². The van der Waals surface area contributed by atoms with E-state index in [-0.39, 0.29) is 18.3 Å². The Labute approximate surface area is 90.6 Å². The zero-order valence-corrected chi connectivity index (χ0v) is 8.24. The molecule has 0 radical (unpaired) electrons. The summed E-state index contributed by atoms with van der Waals surface area (Å²) in [5.41, 5.74) is 4.50. The maximum Gasteiger partial charge on any atom is 0.221 e. The molecule has 1 aromatic carbocycles. The topological polar surface area (TPSA) is 60.2 Å². The molecule has 0 bridgehead atoms. The van der Waals surface area contributed by atoms with Crippen LogP contribution in [0.2, 0.25) is 0 Å². The third kappa shape index (κ3) is 2.98. The van der Waals surface area contributed by atoms with Crippen molar-refractivity contribution in [2.24, 2.45) is 5.73 Å². The maximum absolute atomic E-state index is 13.1. The van der Waals surface area contributed by atoms with Gasteiger partial charge >= 0.3 is 0 Å². The number of primary amides is 1. The molecule has 1 rings (SSSR count). The van der Waals surface area contributed by atoms with Gasteiger partial charge in [-0.2, -0.15) is 0 Å². The maximum atomic E-state index is 13.1. The number of carbonyl (C=O) groups is 2. The number of hydrogen-bond acceptors (Lipinski definition) is 2. The summed E-state index contributed by atoms with van der Waals surface area (Å²) in [6.07, 6.45) is 2.84. The highest BCUT2D eigenvalue weighted by Gasteiger charge is 2.08. The van der Waals surface area contributed by atoms with Gasteiger partial charge in [-0.1, -0.05) is 12.2 Å². The lowest BCUT2D eigenvalue weighted by molar-refractivity contribution is -0.117. The third-order valence-electron chi connectivity index (χ3n) is 1.85. The van der Waals surface area contributed by atoms with E-state index >= 15 is 0 Å². The van der Waals surface area contributed by atoms with Gasteiger partial charge in [-0.25, -0.2) is 8.78 Å². The SMILES string of the molecule is NC(=O)CC=Cc1cc(F)c(C=O)c(F)c1. The minimum atomic E-state index is -0.936. The van der Waals surface area contributed by atoms with Crippen LogP contribution in [0.15, 0.2) is 18.2 Å². The molecule has 1 aromatic rings. The van der Waals surface area contributed by atoms with Crippen LogP contribution in [-0.4, -0.2) is 12.2 Å². The third-order valence-corrected chi connectivity index (χ3v) is 1.85. The predicted molar refractivity (Wildman–Crippen MR) is 54.6 cm³/mol. The highest BCUT2D eigenvalue weighted by atomic mass is 19.1. The van der Waals surface area contributed by atoms with Gasteiger partial charge in [0.2, 0.25) is 5.91 Å². The Bertz CT molecular complexity index is 432. The van der Waals surface area contributed by atoms with Gasteiger partial charge in [0.1, 0.15) is 11.6 Å². The summed E-state index contributed by atoms with van der Waals surface area (Å²) >= 11 is 0. The largest absolute Gasteiger partial charge is 0.369 e. The molecule has 1 amide bonds. The van der Waals surface area contributed by atoms with Gasteiger partial charge in [0.05, 0.1) is 5.56 Å². The molecule has 0 spiro atoms. The summed E-state index contributed by atoms with van der Waals surface area (Å²) in [6, 6.07) is 2.01. The lowest BCUT2D eigenvalue weighted by Crippen LogP contribution is -2.07. The van der Waals surface area contributed by atoms with Gasteiger partial charge in [0.15, 0.2) is 6.29 Å². The molecule has 0 saturated heterocycles. The second-order valence-electron chi connectivity index (χ2n) is 3.09. The first-order valence-electron chi connectivity index (χ1n) is 4.43. The number of amides is 1. The van der Waals surface area contributed by atoms with Crippen LogP contribution >= 0.6 is 0 Å². The molecule has 2 N–H and O–H groups in total. The Balaban J connectivity index is 2.96. The van der Waals surface area contributed by atoms with Crippen LogP contribution in [0.3, 0.4) is 0 Å². The number of rotatable bonds is 4. The molecule has 0 aliphatic carbocycles. The van der Waals surface area contributed by atoms with Crippen LogP contribution in [-0.2, 0) is 4.79 Å². The fourth-order valence-electron chi connectivity index (χ4n) is 1.12. The van der Waals surface area contributed by atoms with Gasteiger partial charge in [-0.05, 0) is 17.7 Å². The smallest absolute Gasteiger partial charge is 0.221 e. The molecule has 0 aromatic heterocycles. The van der Waals surface area contributed by atoms with E-state index in [0.29, 0.717) is 0 Å². The van der Waals surface area contributed by atoms with Gasteiger partial charge < -0.3 is 5.73 Å². The van der Waals surface area contributed by atoms with Crippen LogP contribution in [0.1, 0.15) is 22.3 Å².